The van der Waals surface area contributed by atoms with Crippen LogP contribution in [0.15, 0.2) is 55.6 Å². The quantitative estimate of drug-likeness (QED) is 0.278. The number of hydrogen-bond donors (Lipinski definition) is 1. The highest BCUT2D eigenvalue weighted by atomic mass is 16.6. The summed E-state index contributed by atoms with van der Waals surface area (Å²) < 4.78 is 11.8. The van der Waals surface area contributed by atoms with Crippen LogP contribution in [0.4, 0.5) is 0 Å². The first-order valence-corrected chi connectivity index (χ1v) is 12.3. The number of carbonyl (C=O) groups is 3. The van der Waals surface area contributed by atoms with Crippen LogP contribution in [-0.2, 0) is 30.4 Å². The fourth-order valence-electron chi connectivity index (χ4n) is 5.89. The predicted molar refractivity (Wildman–Crippen MR) is 129 cm³/mol. The van der Waals surface area contributed by atoms with Crippen LogP contribution in [0.3, 0.4) is 0 Å². The molecule has 3 fully saturated rings. The van der Waals surface area contributed by atoms with Crippen molar-refractivity contribution in [3.05, 3.63) is 61.2 Å². The standard InChI is InChI=1S/C27H34N2O6/c1-3-5-17-34-26(33)21-20-12-13-27(35-20)22(21)24(31)29(15-9-16-30)23(27)25(32)28(14-4-2)18-19-10-7-6-8-11-19/h3-4,6-8,10-11,20-23,30H,1-2,5,9,12-18H2/t20-,21+,22-,23?,27?/m0/s1. The topological polar surface area (TPSA) is 96.4 Å². The van der Waals surface area contributed by atoms with Gasteiger partial charge in [-0.25, -0.2) is 0 Å². The van der Waals surface area contributed by atoms with Crippen molar-refractivity contribution in [3.63, 3.8) is 0 Å². The van der Waals surface area contributed by atoms with Crippen LogP contribution in [0.5, 0.6) is 0 Å². The summed E-state index contributed by atoms with van der Waals surface area (Å²) in [6.07, 6.45) is 4.84. The molecular weight excluding hydrogens is 448 g/mol. The van der Waals surface area contributed by atoms with Crippen molar-refractivity contribution < 1.29 is 29.0 Å². The molecule has 1 aromatic carbocycles. The monoisotopic (exact) mass is 482 g/mol. The number of rotatable bonds is 12. The molecule has 2 amide bonds. The number of benzene rings is 1. The van der Waals surface area contributed by atoms with E-state index in [4.69, 9.17) is 9.47 Å². The average molecular weight is 483 g/mol. The van der Waals surface area contributed by atoms with Gasteiger partial charge >= 0.3 is 5.97 Å². The zero-order valence-corrected chi connectivity index (χ0v) is 20.0. The van der Waals surface area contributed by atoms with E-state index in [0.29, 0.717) is 38.8 Å². The summed E-state index contributed by atoms with van der Waals surface area (Å²) in [6.45, 7) is 8.42. The first-order chi connectivity index (χ1) is 17.0. The third-order valence-electron chi connectivity index (χ3n) is 7.31. The van der Waals surface area contributed by atoms with Crippen LogP contribution in [-0.4, -0.2) is 76.7 Å². The first-order valence-electron chi connectivity index (χ1n) is 12.3. The van der Waals surface area contributed by atoms with Crippen LogP contribution in [0.2, 0.25) is 0 Å². The second-order valence-corrected chi connectivity index (χ2v) is 9.40. The molecule has 1 N–H and O–H groups in total. The van der Waals surface area contributed by atoms with Crippen molar-refractivity contribution in [1.29, 1.82) is 0 Å². The first kappa shape index (κ1) is 25.1. The van der Waals surface area contributed by atoms with Crippen molar-refractivity contribution in [2.24, 2.45) is 11.8 Å². The maximum atomic E-state index is 14.1. The van der Waals surface area contributed by atoms with E-state index in [2.05, 4.69) is 13.2 Å². The second kappa shape index (κ2) is 10.7. The van der Waals surface area contributed by atoms with Gasteiger partial charge in [-0.15, -0.1) is 13.2 Å². The molecule has 35 heavy (non-hydrogen) atoms. The molecule has 0 radical (unpaired) electrons. The van der Waals surface area contributed by atoms with Crippen molar-refractivity contribution in [2.75, 3.05) is 26.3 Å². The molecule has 5 atom stereocenters. The van der Waals surface area contributed by atoms with Crippen LogP contribution in [0, 0.1) is 11.8 Å². The summed E-state index contributed by atoms with van der Waals surface area (Å²) in [4.78, 5) is 44.0. The number of aliphatic hydroxyl groups is 1. The van der Waals surface area contributed by atoms with Gasteiger partial charge in [0.1, 0.15) is 11.6 Å². The Labute approximate surface area is 206 Å². The van der Waals surface area contributed by atoms with Crippen molar-refractivity contribution in [2.45, 2.75) is 50.0 Å². The summed E-state index contributed by atoms with van der Waals surface area (Å²) in [5, 5.41) is 9.46. The van der Waals surface area contributed by atoms with E-state index in [9.17, 15) is 19.5 Å². The normalized spacial score (nSPS) is 28.6. The summed E-state index contributed by atoms with van der Waals surface area (Å²) >= 11 is 0. The lowest BCUT2D eigenvalue weighted by atomic mass is 9.70. The summed E-state index contributed by atoms with van der Waals surface area (Å²) in [5.74, 6) is -2.48. The van der Waals surface area contributed by atoms with E-state index in [0.717, 1.165) is 5.56 Å². The number of ether oxygens (including phenoxy) is 2. The van der Waals surface area contributed by atoms with E-state index >= 15 is 0 Å². The Hall–Kier alpha value is -2.97. The molecule has 188 valence electrons. The van der Waals surface area contributed by atoms with E-state index < -0.39 is 35.6 Å². The average Bonchev–Trinajstić information content (AvgIpc) is 3.50. The highest BCUT2D eigenvalue weighted by molar-refractivity contribution is 5.98. The minimum absolute atomic E-state index is 0.112. The van der Waals surface area contributed by atoms with Crippen LogP contribution < -0.4 is 0 Å². The highest BCUT2D eigenvalue weighted by Crippen LogP contribution is 2.58. The molecule has 2 bridgehead atoms. The fourth-order valence-corrected chi connectivity index (χ4v) is 5.89. The van der Waals surface area contributed by atoms with Gasteiger partial charge in [-0.3, -0.25) is 14.4 Å². The third-order valence-corrected chi connectivity index (χ3v) is 7.31. The van der Waals surface area contributed by atoms with Gasteiger partial charge in [0.2, 0.25) is 11.8 Å². The maximum absolute atomic E-state index is 14.1. The van der Waals surface area contributed by atoms with Gasteiger partial charge < -0.3 is 24.4 Å². The van der Waals surface area contributed by atoms with E-state index in [1.54, 1.807) is 17.1 Å². The van der Waals surface area contributed by atoms with Gasteiger partial charge in [-0.05, 0) is 31.2 Å². The van der Waals surface area contributed by atoms with Crippen molar-refractivity contribution >= 4 is 17.8 Å². The number of amides is 2. The van der Waals surface area contributed by atoms with Crippen LogP contribution in [0.25, 0.3) is 0 Å². The van der Waals surface area contributed by atoms with Crippen LogP contribution in [0.1, 0.15) is 31.2 Å². The number of carbonyl (C=O) groups excluding carboxylic acids is 3. The van der Waals surface area contributed by atoms with Gasteiger partial charge in [0.15, 0.2) is 0 Å². The van der Waals surface area contributed by atoms with Gasteiger partial charge in [-0.1, -0.05) is 42.5 Å². The Balaban J connectivity index is 1.66. The number of aliphatic hydroxyl groups excluding tert-OH is 1. The second-order valence-electron chi connectivity index (χ2n) is 9.40. The predicted octanol–water partition coefficient (Wildman–Crippen LogP) is 2.08. The number of nitrogens with zero attached hydrogens (tertiary/aromatic N) is 2. The summed E-state index contributed by atoms with van der Waals surface area (Å²) in [6, 6.07) is 8.76. The maximum Gasteiger partial charge on any atom is 0.312 e. The SMILES string of the molecule is C=CCCOC(=O)[C@@H]1[C@@H]2CCC3(O2)C(C(=O)N(CC=C)Cc2ccccc2)N(CCCO)C(=O)[C@H]13. The molecule has 0 aromatic heterocycles. The van der Waals surface area contributed by atoms with E-state index in [-0.39, 0.29) is 31.6 Å². The fraction of sp³-hybridized carbons (Fsp3) is 0.519. The Kier molecular flexibility index (Phi) is 7.72. The smallest absolute Gasteiger partial charge is 0.312 e. The molecule has 0 saturated carbocycles. The molecular formula is C27H34N2O6. The highest BCUT2D eigenvalue weighted by Gasteiger charge is 2.75. The lowest BCUT2D eigenvalue weighted by Gasteiger charge is -2.36. The summed E-state index contributed by atoms with van der Waals surface area (Å²) in [7, 11) is 0. The number of hydrogen-bond acceptors (Lipinski definition) is 6. The molecule has 8 heteroatoms. The largest absolute Gasteiger partial charge is 0.465 e. The zero-order valence-electron chi connectivity index (χ0n) is 20.0. The van der Waals surface area contributed by atoms with Gasteiger partial charge in [-0.2, -0.15) is 0 Å². The number of esters is 1. The lowest BCUT2D eigenvalue weighted by molar-refractivity contribution is -0.155. The third kappa shape index (κ3) is 4.52. The van der Waals surface area contributed by atoms with E-state index in [1.807, 2.05) is 30.3 Å². The molecule has 3 saturated heterocycles. The molecule has 8 nitrogen and oxygen atoms in total. The lowest BCUT2D eigenvalue weighted by Crippen LogP contribution is -2.56. The molecule has 1 spiro atoms. The molecule has 3 aliphatic rings. The molecule has 3 heterocycles. The van der Waals surface area contributed by atoms with Crippen LogP contribution >= 0.6 is 0 Å². The number of fused-ring (bicyclic) bond motifs is 1. The molecule has 1 aromatic rings. The summed E-state index contributed by atoms with van der Waals surface area (Å²) in [5.41, 5.74) is -0.115. The molecule has 3 aliphatic heterocycles. The van der Waals surface area contributed by atoms with Gasteiger partial charge in [0.05, 0.1) is 24.5 Å². The Morgan fingerprint density at radius 1 is 1.26 bits per heavy atom. The van der Waals surface area contributed by atoms with Crippen molar-refractivity contribution in [3.8, 4) is 0 Å². The number of likely N-dealkylation sites (tertiary alicyclic amines) is 1. The zero-order chi connectivity index (χ0) is 25.0. The molecule has 2 unspecified atom stereocenters. The Morgan fingerprint density at radius 3 is 2.71 bits per heavy atom. The minimum atomic E-state index is -1.08. The Bertz CT molecular complexity index is 966. The minimum Gasteiger partial charge on any atom is -0.465 e. The van der Waals surface area contributed by atoms with Gasteiger partial charge in [0, 0.05) is 26.2 Å². The Morgan fingerprint density at radius 2 is 2.03 bits per heavy atom. The van der Waals surface area contributed by atoms with Gasteiger partial charge in [0.25, 0.3) is 0 Å². The van der Waals surface area contributed by atoms with E-state index in [1.165, 1.54) is 4.90 Å². The van der Waals surface area contributed by atoms with Crippen molar-refractivity contribution in [1.82, 2.24) is 9.80 Å². The molecule has 4 rings (SSSR count). The molecule has 0 aliphatic carbocycles.